The highest BCUT2D eigenvalue weighted by molar-refractivity contribution is 14.0. The maximum absolute atomic E-state index is 12.8. The summed E-state index contributed by atoms with van der Waals surface area (Å²) in [5.74, 6) is 3.34. The SMILES string of the molecule is C=CCNC(=NCCc1ccco1)N1CCN(CC(=O)N2CC(C)CC(C)C2)CC1.I. The number of carbonyl (C=O) groups is 1. The summed E-state index contributed by atoms with van der Waals surface area (Å²) < 4.78 is 5.39. The van der Waals surface area contributed by atoms with Crippen LogP contribution in [-0.4, -0.2) is 85.5 Å². The van der Waals surface area contributed by atoms with E-state index in [1.807, 2.05) is 18.2 Å². The standard InChI is InChI=1S/C23H37N5O2.HI/c1-4-8-24-23(25-9-7-21-6-5-14-30-21)27-12-10-26(11-13-27)18-22(29)28-16-19(2)15-20(3)17-28;/h4-6,14,19-20H,1,7-13,15-18H2,2-3H3,(H,24,25);1H. The van der Waals surface area contributed by atoms with Gasteiger partial charge in [0, 0.05) is 58.8 Å². The maximum atomic E-state index is 12.8. The number of nitrogens with zero attached hydrogens (tertiary/aromatic N) is 4. The van der Waals surface area contributed by atoms with Crippen LogP contribution in [0.25, 0.3) is 0 Å². The Morgan fingerprint density at radius 3 is 2.55 bits per heavy atom. The second kappa shape index (κ2) is 13.1. The molecule has 0 spiro atoms. The average Bonchev–Trinajstić information content (AvgIpc) is 3.24. The molecule has 2 saturated heterocycles. The minimum atomic E-state index is 0. The summed E-state index contributed by atoms with van der Waals surface area (Å²) >= 11 is 0. The van der Waals surface area contributed by atoms with Crippen molar-refractivity contribution in [3.05, 3.63) is 36.8 Å². The molecule has 2 aliphatic rings. The quantitative estimate of drug-likeness (QED) is 0.248. The fourth-order valence-corrected chi connectivity index (χ4v) is 4.43. The number of halogens is 1. The Morgan fingerprint density at radius 2 is 1.94 bits per heavy atom. The molecule has 174 valence electrons. The Hall–Kier alpha value is -1.55. The molecule has 0 aromatic carbocycles. The van der Waals surface area contributed by atoms with Gasteiger partial charge in [-0.05, 0) is 30.4 Å². The number of amides is 1. The molecule has 0 bridgehead atoms. The van der Waals surface area contributed by atoms with Gasteiger partial charge < -0.3 is 19.5 Å². The van der Waals surface area contributed by atoms with Crippen molar-refractivity contribution in [3.63, 3.8) is 0 Å². The molecule has 1 aromatic rings. The summed E-state index contributed by atoms with van der Waals surface area (Å²) in [6, 6.07) is 3.88. The fraction of sp³-hybridized carbons (Fsp3) is 0.652. The monoisotopic (exact) mass is 543 g/mol. The van der Waals surface area contributed by atoms with E-state index in [2.05, 4.69) is 40.4 Å². The van der Waals surface area contributed by atoms with Crippen LogP contribution in [0.3, 0.4) is 0 Å². The third-order valence-electron chi connectivity index (χ3n) is 5.86. The molecular formula is C23H38IN5O2. The van der Waals surface area contributed by atoms with E-state index in [1.54, 1.807) is 6.26 Å². The summed E-state index contributed by atoms with van der Waals surface area (Å²) in [6.07, 6.45) is 5.55. The van der Waals surface area contributed by atoms with Crippen LogP contribution >= 0.6 is 24.0 Å². The minimum absolute atomic E-state index is 0. The largest absolute Gasteiger partial charge is 0.469 e. The van der Waals surface area contributed by atoms with Crippen molar-refractivity contribution in [2.24, 2.45) is 16.8 Å². The highest BCUT2D eigenvalue weighted by Crippen LogP contribution is 2.21. The highest BCUT2D eigenvalue weighted by Gasteiger charge is 2.28. The van der Waals surface area contributed by atoms with Gasteiger partial charge in [0.15, 0.2) is 5.96 Å². The Bertz CT molecular complexity index is 691. The third kappa shape index (κ3) is 8.14. The molecule has 3 rings (SSSR count). The van der Waals surface area contributed by atoms with Crippen molar-refractivity contribution in [2.75, 3.05) is 58.9 Å². The van der Waals surface area contributed by atoms with Gasteiger partial charge >= 0.3 is 0 Å². The number of piperazine rings is 1. The molecule has 8 heteroatoms. The number of nitrogens with one attached hydrogen (secondary N) is 1. The Labute approximate surface area is 203 Å². The molecule has 2 fully saturated rings. The van der Waals surface area contributed by atoms with E-state index in [0.717, 1.165) is 57.4 Å². The van der Waals surface area contributed by atoms with Gasteiger partial charge in [-0.3, -0.25) is 14.7 Å². The summed E-state index contributed by atoms with van der Waals surface area (Å²) in [5, 5.41) is 3.37. The summed E-state index contributed by atoms with van der Waals surface area (Å²) in [7, 11) is 0. The topological polar surface area (TPSA) is 64.3 Å². The van der Waals surface area contributed by atoms with Gasteiger partial charge in [0.05, 0.1) is 12.8 Å². The lowest BCUT2D eigenvalue weighted by atomic mass is 9.92. The first-order valence-corrected chi connectivity index (χ1v) is 11.2. The van der Waals surface area contributed by atoms with Crippen LogP contribution in [0.2, 0.25) is 0 Å². The van der Waals surface area contributed by atoms with Crippen molar-refractivity contribution >= 4 is 35.8 Å². The predicted octanol–water partition coefficient (Wildman–Crippen LogP) is 2.69. The summed E-state index contributed by atoms with van der Waals surface area (Å²) in [4.78, 5) is 24.2. The van der Waals surface area contributed by atoms with E-state index in [0.29, 0.717) is 31.5 Å². The van der Waals surface area contributed by atoms with Crippen LogP contribution in [0, 0.1) is 11.8 Å². The predicted molar refractivity (Wildman–Crippen MR) is 136 cm³/mol. The van der Waals surface area contributed by atoms with Crippen molar-refractivity contribution in [3.8, 4) is 0 Å². The number of aliphatic imine (C=N–C) groups is 1. The number of rotatable bonds is 7. The molecule has 1 aromatic heterocycles. The molecule has 7 nitrogen and oxygen atoms in total. The first-order chi connectivity index (χ1) is 14.5. The van der Waals surface area contributed by atoms with Crippen LogP contribution in [0.1, 0.15) is 26.0 Å². The molecule has 0 aliphatic carbocycles. The molecule has 0 radical (unpaired) electrons. The Balaban J connectivity index is 0.00000341. The van der Waals surface area contributed by atoms with Crippen LogP contribution in [0.4, 0.5) is 0 Å². The number of carbonyl (C=O) groups excluding carboxylic acids is 1. The third-order valence-corrected chi connectivity index (χ3v) is 5.86. The van der Waals surface area contributed by atoms with E-state index < -0.39 is 0 Å². The number of likely N-dealkylation sites (tertiary alicyclic amines) is 1. The van der Waals surface area contributed by atoms with Gasteiger partial charge in [-0.15, -0.1) is 30.6 Å². The van der Waals surface area contributed by atoms with Crippen LogP contribution < -0.4 is 5.32 Å². The van der Waals surface area contributed by atoms with Crippen molar-refractivity contribution < 1.29 is 9.21 Å². The number of piperidine rings is 1. The van der Waals surface area contributed by atoms with Gasteiger partial charge in [0.2, 0.25) is 5.91 Å². The molecule has 3 heterocycles. The lowest BCUT2D eigenvalue weighted by Crippen LogP contribution is -2.55. The van der Waals surface area contributed by atoms with Gasteiger partial charge in [-0.25, -0.2) is 0 Å². The molecule has 1 amide bonds. The second-order valence-electron chi connectivity index (χ2n) is 8.71. The minimum Gasteiger partial charge on any atom is -0.469 e. The zero-order chi connectivity index (χ0) is 21.3. The van der Waals surface area contributed by atoms with E-state index in [-0.39, 0.29) is 29.9 Å². The van der Waals surface area contributed by atoms with Crippen molar-refractivity contribution in [1.82, 2.24) is 20.0 Å². The van der Waals surface area contributed by atoms with Crippen LogP contribution in [0.5, 0.6) is 0 Å². The van der Waals surface area contributed by atoms with E-state index in [4.69, 9.17) is 9.41 Å². The maximum Gasteiger partial charge on any atom is 0.236 e. The van der Waals surface area contributed by atoms with E-state index >= 15 is 0 Å². The highest BCUT2D eigenvalue weighted by atomic mass is 127. The number of guanidine groups is 1. The molecule has 2 atom stereocenters. The molecule has 2 unspecified atom stereocenters. The van der Waals surface area contributed by atoms with Crippen molar-refractivity contribution in [1.29, 1.82) is 0 Å². The Kier molecular flexibility index (Phi) is 10.9. The second-order valence-corrected chi connectivity index (χ2v) is 8.71. The number of hydrogen-bond acceptors (Lipinski definition) is 4. The van der Waals surface area contributed by atoms with E-state index in [9.17, 15) is 4.79 Å². The molecule has 31 heavy (non-hydrogen) atoms. The average molecular weight is 543 g/mol. The Morgan fingerprint density at radius 1 is 1.23 bits per heavy atom. The zero-order valence-corrected chi connectivity index (χ0v) is 21.3. The first-order valence-electron chi connectivity index (χ1n) is 11.2. The molecule has 1 N–H and O–H groups in total. The molecule has 2 aliphatic heterocycles. The van der Waals surface area contributed by atoms with Gasteiger partial charge in [-0.1, -0.05) is 19.9 Å². The van der Waals surface area contributed by atoms with Gasteiger partial charge in [-0.2, -0.15) is 0 Å². The first kappa shape index (κ1) is 25.7. The lowest BCUT2D eigenvalue weighted by Gasteiger charge is -2.39. The smallest absolute Gasteiger partial charge is 0.236 e. The van der Waals surface area contributed by atoms with Gasteiger partial charge in [0.25, 0.3) is 0 Å². The van der Waals surface area contributed by atoms with Gasteiger partial charge in [0.1, 0.15) is 5.76 Å². The number of furan rings is 1. The lowest BCUT2D eigenvalue weighted by molar-refractivity contribution is -0.135. The molecular weight excluding hydrogens is 505 g/mol. The fourth-order valence-electron chi connectivity index (χ4n) is 4.43. The zero-order valence-electron chi connectivity index (χ0n) is 19.0. The van der Waals surface area contributed by atoms with Crippen LogP contribution in [-0.2, 0) is 11.2 Å². The van der Waals surface area contributed by atoms with E-state index in [1.165, 1.54) is 6.42 Å². The number of hydrogen-bond donors (Lipinski definition) is 1. The normalized spacial score (nSPS) is 22.7. The van der Waals surface area contributed by atoms with Crippen LogP contribution in [0.15, 0.2) is 40.5 Å². The summed E-state index contributed by atoms with van der Waals surface area (Å²) in [6.45, 7) is 15.5. The molecule has 0 saturated carbocycles. The van der Waals surface area contributed by atoms with Crippen molar-refractivity contribution in [2.45, 2.75) is 26.7 Å². The summed E-state index contributed by atoms with van der Waals surface area (Å²) in [5.41, 5.74) is 0.